The van der Waals surface area contributed by atoms with Gasteiger partial charge in [0.05, 0.1) is 12.3 Å². The van der Waals surface area contributed by atoms with Gasteiger partial charge in [-0.2, -0.15) is 0 Å². The summed E-state index contributed by atoms with van der Waals surface area (Å²) in [5.41, 5.74) is -0.562. The van der Waals surface area contributed by atoms with Gasteiger partial charge in [0, 0.05) is 0 Å². The van der Waals surface area contributed by atoms with Crippen molar-refractivity contribution in [3.63, 3.8) is 0 Å². The van der Waals surface area contributed by atoms with Crippen LogP contribution < -0.4 is 0 Å². The zero-order chi connectivity index (χ0) is 15.1. The number of ether oxygens (including phenoxy) is 1. The van der Waals surface area contributed by atoms with Gasteiger partial charge in [-0.15, -0.1) is 0 Å². The molecule has 0 rings (SSSR count). The molecule has 0 amide bonds. The maximum atomic E-state index is 11.7. The van der Waals surface area contributed by atoms with E-state index in [0.29, 0.717) is 12.3 Å². The van der Waals surface area contributed by atoms with Crippen molar-refractivity contribution >= 4 is 11.9 Å². The fraction of sp³-hybridized carbons (Fsp3) is 0.867. The molecule has 112 valence electrons. The lowest BCUT2D eigenvalue weighted by molar-refractivity contribution is -0.160. The maximum Gasteiger partial charge on any atom is 0.307 e. The molecule has 1 N–H and O–H groups in total. The van der Waals surface area contributed by atoms with Crippen molar-refractivity contribution in [2.75, 3.05) is 0 Å². The van der Waals surface area contributed by atoms with Crippen LogP contribution in [0.15, 0.2) is 0 Å². The molecule has 0 bridgehead atoms. The summed E-state index contributed by atoms with van der Waals surface area (Å²) >= 11 is 0. The zero-order valence-electron chi connectivity index (χ0n) is 12.9. The van der Waals surface area contributed by atoms with Gasteiger partial charge in [0.15, 0.2) is 0 Å². The van der Waals surface area contributed by atoms with Crippen molar-refractivity contribution < 1.29 is 19.4 Å². The van der Waals surface area contributed by atoms with E-state index in [1.165, 1.54) is 0 Å². The minimum Gasteiger partial charge on any atom is -0.481 e. The first-order valence-electron chi connectivity index (χ1n) is 7.10. The van der Waals surface area contributed by atoms with Crippen LogP contribution in [0.4, 0.5) is 0 Å². The summed E-state index contributed by atoms with van der Waals surface area (Å²) in [5.74, 6) is -1.65. The second kappa shape index (κ2) is 8.18. The molecule has 0 aromatic rings. The van der Waals surface area contributed by atoms with Crippen LogP contribution in [-0.2, 0) is 14.3 Å². The summed E-state index contributed by atoms with van der Waals surface area (Å²) in [5, 5.41) is 9.19. The predicted octanol–water partition coefficient (Wildman–Crippen LogP) is 3.64. The largest absolute Gasteiger partial charge is 0.481 e. The molecular weight excluding hydrogens is 244 g/mol. The van der Waals surface area contributed by atoms with E-state index in [1.807, 2.05) is 6.92 Å². The van der Waals surface area contributed by atoms with Gasteiger partial charge in [-0.1, -0.05) is 33.1 Å². The van der Waals surface area contributed by atoms with E-state index in [4.69, 9.17) is 4.74 Å². The Labute approximate surface area is 116 Å². The van der Waals surface area contributed by atoms with Gasteiger partial charge in [-0.3, -0.25) is 9.59 Å². The molecule has 4 heteroatoms. The third-order valence-corrected chi connectivity index (χ3v) is 2.92. The van der Waals surface area contributed by atoms with E-state index in [2.05, 4.69) is 6.92 Å². The molecule has 4 nitrogen and oxygen atoms in total. The molecule has 0 aromatic carbocycles. The highest BCUT2D eigenvalue weighted by molar-refractivity contribution is 5.78. The molecule has 0 aliphatic heterocycles. The first kappa shape index (κ1) is 17.9. The number of carboxylic acids is 1. The molecule has 0 aliphatic rings. The number of carbonyl (C=O) groups is 2. The van der Waals surface area contributed by atoms with Crippen LogP contribution in [0, 0.1) is 11.8 Å². The van der Waals surface area contributed by atoms with Gasteiger partial charge in [0.2, 0.25) is 0 Å². The quantitative estimate of drug-likeness (QED) is 0.685. The number of carboxylic acid groups (broad SMARTS) is 1. The van der Waals surface area contributed by atoms with Gasteiger partial charge in [-0.05, 0) is 33.1 Å². The molecule has 19 heavy (non-hydrogen) atoms. The van der Waals surface area contributed by atoms with Crippen LogP contribution in [0.2, 0.25) is 0 Å². The van der Waals surface area contributed by atoms with Gasteiger partial charge < -0.3 is 9.84 Å². The maximum absolute atomic E-state index is 11.7. The van der Waals surface area contributed by atoms with E-state index in [0.717, 1.165) is 19.3 Å². The normalized spacial score (nSPS) is 14.8. The third-order valence-electron chi connectivity index (χ3n) is 2.92. The molecule has 0 aliphatic carbocycles. The molecule has 0 radical (unpaired) electrons. The van der Waals surface area contributed by atoms with Crippen molar-refractivity contribution in [2.24, 2.45) is 11.8 Å². The smallest absolute Gasteiger partial charge is 0.307 e. The average Bonchev–Trinajstić information content (AvgIpc) is 2.22. The molecule has 0 saturated heterocycles. The minimum atomic E-state index is -0.908. The van der Waals surface area contributed by atoms with Crippen molar-refractivity contribution in [1.82, 2.24) is 0 Å². The molecular formula is C15H28O4. The van der Waals surface area contributed by atoms with E-state index < -0.39 is 23.5 Å². The van der Waals surface area contributed by atoms with Crippen LogP contribution in [0.5, 0.6) is 0 Å². The van der Waals surface area contributed by atoms with Crippen LogP contribution in [0.1, 0.15) is 66.7 Å². The number of carbonyl (C=O) groups excluding carboxylic acids is 1. The first-order chi connectivity index (χ1) is 8.65. The SMILES string of the molecule is CCCC[C@@H](C)CC(CC(=O)OC(C)(C)C)C(=O)O. The average molecular weight is 272 g/mol. The van der Waals surface area contributed by atoms with Crippen LogP contribution in [-0.4, -0.2) is 22.6 Å². The van der Waals surface area contributed by atoms with Crippen LogP contribution in [0.3, 0.4) is 0 Å². The Balaban J connectivity index is 4.34. The molecule has 2 atom stereocenters. The summed E-state index contributed by atoms with van der Waals surface area (Å²) in [6.07, 6.45) is 3.71. The van der Waals surface area contributed by atoms with Crippen molar-refractivity contribution in [3.05, 3.63) is 0 Å². The summed E-state index contributed by atoms with van der Waals surface area (Å²) in [6, 6.07) is 0. The van der Waals surface area contributed by atoms with E-state index in [9.17, 15) is 14.7 Å². The third kappa shape index (κ3) is 9.51. The number of esters is 1. The highest BCUT2D eigenvalue weighted by Gasteiger charge is 2.26. The fourth-order valence-corrected chi connectivity index (χ4v) is 2.01. The molecule has 0 heterocycles. The molecule has 0 aromatic heterocycles. The standard InChI is InChI=1S/C15H28O4/c1-6-7-8-11(2)9-12(14(17)18)10-13(16)19-15(3,4)5/h11-12H,6-10H2,1-5H3,(H,17,18)/t11-,12?/m1/s1. The highest BCUT2D eigenvalue weighted by atomic mass is 16.6. The van der Waals surface area contributed by atoms with E-state index in [1.54, 1.807) is 20.8 Å². The Kier molecular flexibility index (Phi) is 7.72. The van der Waals surface area contributed by atoms with Gasteiger partial charge in [-0.25, -0.2) is 0 Å². The molecule has 1 unspecified atom stereocenters. The minimum absolute atomic E-state index is 0.0386. The van der Waals surface area contributed by atoms with Gasteiger partial charge >= 0.3 is 11.9 Å². The number of hydrogen-bond acceptors (Lipinski definition) is 3. The molecule has 0 saturated carbocycles. The number of unbranched alkanes of at least 4 members (excludes halogenated alkanes) is 1. The lowest BCUT2D eigenvalue weighted by Gasteiger charge is -2.22. The molecule has 0 fully saturated rings. The Morgan fingerprint density at radius 2 is 1.84 bits per heavy atom. The van der Waals surface area contributed by atoms with E-state index >= 15 is 0 Å². The van der Waals surface area contributed by atoms with Crippen molar-refractivity contribution in [2.45, 2.75) is 72.3 Å². The highest BCUT2D eigenvalue weighted by Crippen LogP contribution is 2.22. The van der Waals surface area contributed by atoms with Crippen LogP contribution >= 0.6 is 0 Å². The zero-order valence-corrected chi connectivity index (χ0v) is 12.9. The summed E-state index contributed by atoms with van der Waals surface area (Å²) < 4.78 is 5.18. The topological polar surface area (TPSA) is 63.6 Å². The summed E-state index contributed by atoms with van der Waals surface area (Å²) in [4.78, 5) is 22.9. The lowest BCUT2D eigenvalue weighted by Crippen LogP contribution is -2.28. The first-order valence-corrected chi connectivity index (χ1v) is 7.10. The van der Waals surface area contributed by atoms with Crippen molar-refractivity contribution in [3.8, 4) is 0 Å². The Morgan fingerprint density at radius 1 is 1.26 bits per heavy atom. The number of rotatable bonds is 8. The molecule has 0 spiro atoms. The van der Waals surface area contributed by atoms with Crippen molar-refractivity contribution in [1.29, 1.82) is 0 Å². The monoisotopic (exact) mass is 272 g/mol. The van der Waals surface area contributed by atoms with Crippen LogP contribution in [0.25, 0.3) is 0 Å². The Hall–Kier alpha value is -1.06. The lowest BCUT2D eigenvalue weighted by atomic mass is 9.90. The summed E-state index contributed by atoms with van der Waals surface area (Å²) in [6.45, 7) is 9.50. The Bertz CT molecular complexity index is 291. The number of hydrogen-bond donors (Lipinski definition) is 1. The van der Waals surface area contributed by atoms with Gasteiger partial charge in [0.1, 0.15) is 5.60 Å². The second-order valence-corrected chi connectivity index (χ2v) is 6.31. The fourth-order valence-electron chi connectivity index (χ4n) is 2.01. The van der Waals surface area contributed by atoms with Gasteiger partial charge in [0.25, 0.3) is 0 Å². The summed E-state index contributed by atoms with van der Waals surface area (Å²) in [7, 11) is 0. The second-order valence-electron chi connectivity index (χ2n) is 6.31. The Morgan fingerprint density at radius 3 is 2.26 bits per heavy atom. The predicted molar refractivity (Wildman–Crippen MR) is 74.9 cm³/mol. The van der Waals surface area contributed by atoms with E-state index in [-0.39, 0.29) is 6.42 Å². The number of aliphatic carboxylic acids is 1.